The summed E-state index contributed by atoms with van der Waals surface area (Å²) in [4.78, 5) is 5.80. The molecule has 0 bridgehead atoms. The Labute approximate surface area is 133 Å². The van der Waals surface area contributed by atoms with Crippen LogP contribution >= 0.6 is 22.9 Å². The van der Waals surface area contributed by atoms with Crippen LogP contribution in [-0.4, -0.2) is 43.5 Å². The van der Waals surface area contributed by atoms with E-state index in [0.29, 0.717) is 0 Å². The summed E-state index contributed by atoms with van der Waals surface area (Å²) in [6.07, 6.45) is 1.37. The van der Waals surface area contributed by atoms with Crippen LogP contribution in [-0.2, 0) is 17.1 Å². The highest BCUT2D eigenvalue weighted by Gasteiger charge is 2.24. The largest absolute Gasteiger partial charge is 0.324 e. The van der Waals surface area contributed by atoms with Gasteiger partial charge in [-0.15, -0.1) is 0 Å². The molecule has 2 aromatic rings. The van der Waals surface area contributed by atoms with Gasteiger partial charge in [-0.3, -0.25) is 0 Å². The third kappa shape index (κ3) is 3.64. The van der Waals surface area contributed by atoms with E-state index in [9.17, 15) is 8.42 Å². The second-order valence-electron chi connectivity index (χ2n) is 4.84. The summed E-state index contributed by atoms with van der Waals surface area (Å²) in [5.41, 5.74) is 1.07. The SMILES string of the molecule is CN(C)[C@H](CNS(=O)(=O)c1ncn(C)c1Cl)c1ccsc1. The first kappa shape index (κ1) is 16.4. The van der Waals surface area contributed by atoms with Gasteiger partial charge in [0.2, 0.25) is 5.03 Å². The molecule has 0 saturated carbocycles. The van der Waals surface area contributed by atoms with Crippen molar-refractivity contribution < 1.29 is 8.42 Å². The zero-order valence-corrected chi connectivity index (χ0v) is 14.3. The van der Waals surface area contributed by atoms with Crippen molar-refractivity contribution in [3.8, 4) is 0 Å². The Morgan fingerprint density at radius 1 is 1.52 bits per heavy atom. The van der Waals surface area contributed by atoms with Crippen molar-refractivity contribution in [3.63, 3.8) is 0 Å². The summed E-state index contributed by atoms with van der Waals surface area (Å²) in [7, 11) is 1.73. The van der Waals surface area contributed by atoms with Gasteiger partial charge >= 0.3 is 0 Å². The Kier molecular flexibility index (Phi) is 5.05. The molecule has 2 heterocycles. The van der Waals surface area contributed by atoms with Crippen molar-refractivity contribution in [2.24, 2.45) is 7.05 Å². The minimum absolute atomic E-state index is 0.0477. The number of nitrogens with zero attached hydrogens (tertiary/aromatic N) is 3. The molecule has 0 amide bonds. The normalized spacial score (nSPS) is 13.8. The molecule has 0 radical (unpaired) electrons. The van der Waals surface area contributed by atoms with Crippen LogP contribution in [0.2, 0.25) is 5.15 Å². The van der Waals surface area contributed by atoms with Crippen molar-refractivity contribution in [1.29, 1.82) is 0 Å². The Hall–Kier alpha value is -0.930. The second-order valence-corrected chi connectivity index (χ2v) is 7.66. The molecule has 2 aromatic heterocycles. The summed E-state index contributed by atoms with van der Waals surface area (Å²) < 4.78 is 28.6. The molecule has 0 aliphatic rings. The number of halogens is 1. The maximum absolute atomic E-state index is 12.3. The maximum Gasteiger partial charge on any atom is 0.261 e. The van der Waals surface area contributed by atoms with Gasteiger partial charge < -0.3 is 9.47 Å². The average molecular weight is 349 g/mol. The molecule has 0 aliphatic carbocycles. The van der Waals surface area contributed by atoms with E-state index in [1.807, 2.05) is 35.8 Å². The summed E-state index contributed by atoms with van der Waals surface area (Å²) in [6, 6.07) is 1.94. The molecule has 1 atom stereocenters. The zero-order chi connectivity index (χ0) is 15.6. The molecule has 0 spiro atoms. The van der Waals surface area contributed by atoms with Gasteiger partial charge in [0.05, 0.1) is 6.33 Å². The van der Waals surface area contributed by atoms with Crippen LogP contribution in [0.4, 0.5) is 0 Å². The van der Waals surface area contributed by atoms with E-state index in [1.54, 1.807) is 18.4 Å². The molecule has 2 rings (SSSR count). The first-order chi connectivity index (χ1) is 9.83. The van der Waals surface area contributed by atoms with Crippen LogP contribution < -0.4 is 4.72 Å². The molecule has 21 heavy (non-hydrogen) atoms. The molecule has 6 nitrogen and oxygen atoms in total. The number of nitrogens with one attached hydrogen (secondary N) is 1. The van der Waals surface area contributed by atoms with E-state index >= 15 is 0 Å². The standard InChI is InChI=1S/C12H17ClN4O2S2/c1-16(2)10(9-4-5-20-7-9)6-15-21(18,19)12-11(13)17(3)8-14-12/h4-5,7-8,10,15H,6H2,1-3H3/t10-/m1/s1. The predicted octanol–water partition coefficient (Wildman–Crippen LogP) is 1.72. The fourth-order valence-corrected chi connectivity index (χ4v) is 4.06. The van der Waals surface area contributed by atoms with Gasteiger partial charge in [0.15, 0.2) is 0 Å². The van der Waals surface area contributed by atoms with Gasteiger partial charge in [-0.2, -0.15) is 11.3 Å². The summed E-state index contributed by atoms with van der Waals surface area (Å²) in [5, 5.41) is 3.93. The number of imidazole rings is 1. The monoisotopic (exact) mass is 348 g/mol. The number of sulfonamides is 1. The van der Waals surface area contributed by atoms with Gasteiger partial charge in [0.1, 0.15) is 5.15 Å². The molecule has 0 aromatic carbocycles. The number of rotatable bonds is 6. The minimum Gasteiger partial charge on any atom is -0.324 e. The Bertz CT molecular complexity index is 695. The lowest BCUT2D eigenvalue weighted by Crippen LogP contribution is -2.34. The quantitative estimate of drug-likeness (QED) is 0.863. The Balaban J connectivity index is 2.15. The highest BCUT2D eigenvalue weighted by molar-refractivity contribution is 7.89. The smallest absolute Gasteiger partial charge is 0.261 e. The van der Waals surface area contributed by atoms with E-state index in [4.69, 9.17) is 11.6 Å². The summed E-state index contributed by atoms with van der Waals surface area (Å²) >= 11 is 7.52. The van der Waals surface area contributed by atoms with Crippen LogP contribution in [0.3, 0.4) is 0 Å². The molecule has 0 fully saturated rings. The van der Waals surface area contributed by atoms with Crippen LogP contribution in [0.1, 0.15) is 11.6 Å². The molecule has 1 N–H and O–H groups in total. The summed E-state index contributed by atoms with van der Waals surface area (Å²) in [5.74, 6) is 0. The van der Waals surface area contributed by atoms with E-state index < -0.39 is 10.0 Å². The van der Waals surface area contributed by atoms with Gasteiger partial charge in [0.25, 0.3) is 10.0 Å². The van der Waals surface area contributed by atoms with E-state index in [2.05, 4.69) is 9.71 Å². The third-order valence-electron chi connectivity index (χ3n) is 3.11. The van der Waals surface area contributed by atoms with Gasteiger partial charge in [-0.05, 0) is 36.5 Å². The topological polar surface area (TPSA) is 67.2 Å². The fourth-order valence-electron chi connectivity index (χ4n) is 1.89. The molecule has 0 aliphatic heterocycles. The van der Waals surface area contributed by atoms with Crippen LogP contribution in [0, 0.1) is 0 Å². The van der Waals surface area contributed by atoms with Gasteiger partial charge in [-0.25, -0.2) is 18.1 Å². The molecular weight excluding hydrogens is 332 g/mol. The number of aryl methyl sites for hydroxylation is 1. The Morgan fingerprint density at radius 3 is 2.71 bits per heavy atom. The summed E-state index contributed by atoms with van der Waals surface area (Å²) in [6.45, 7) is 0.249. The second kappa shape index (κ2) is 6.45. The number of likely N-dealkylation sites (N-methyl/N-ethyl adjacent to an activating group) is 1. The number of hydrogen-bond donors (Lipinski definition) is 1. The molecule has 0 saturated heterocycles. The first-order valence-electron chi connectivity index (χ1n) is 6.18. The molecule has 9 heteroatoms. The average Bonchev–Trinajstić information content (AvgIpc) is 3.01. The highest BCUT2D eigenvalue weighted by atomic mass is 35.5. The molecule has 116 valence electrons. The van der Waals surface area contributed by atoms with Crippen LogP contribution in [0.25, 0.3) is 0 Å². The minimum atomic E-state index is -3.73. The van der Waals surface area contributed by atoms with E-state index in [0.717, 1.165) is 5.56 Å². The van der Waals surface area contributed by atoms with Crippen molar-refractivity contribution >= 4 is 33.0 Å². The van der Waals surface area contributed by atoms with Crippen molar-refractivity contribution in [2.75, 3.05) is 20.6 Å². The number of thiophene rings is 1. The lowest BCUT2D eigenvalue weighted by Gasteiger charge is -2.23. The van der Waals surface area contributed by atoms with Crippen LogP contribution in [0.5, 0.6) is 0 Å². The van der Waals surface area contributed by atoms with Crippen molar-refractivity contribution in [2.45, 2.75) is 11.1 Å². The maximum atomic E-state index is 12.3. The number of aromatic nitrogens is 2. The third-order valence-corrected chi connectivity index (χ3v) is 5.72. The van der Waals surface area contributed by atoms with Crippen molar-refractivity contribution in [1.82, 2.24) is 19.2 Å². The van der Waals surface area contributed by atoms with Gasteiger partial charge in [-0.1, -0.05) is 11.6 Å². The zero-order valence-electron chi connectivity index (χ0n) is 11.9. The van der Waals surface area contributed by atoms with Crippen molar-refractivity contribution in [3.05, 3.63) is 33.9 Å². The number of hydrogen-bond acceptors (Lipinski definition) is 5. The van der Waals surface area contributed by atoms with Crippen LogP contribution in [0.15, 0.2) is 28.2 Å². The highest BCUT2D eigenvalue weighted by Crippen LogP contribution is 2.22. The van der Waals surface area contributed by atoms with E-state index in [1.165, 1.54) is 10.9 Å². The molecule has 0 unspecified atom stereocenters. The van der Waals surface area contributed by atoms with Gasteiger partial charge in [0, 0.05) is 19.6 Å². The Morgan fingerprint density at radius 2 is 2.24 bits per heavy atom. The lowest BCUT2D eigenvalue weighted by atomic mass is 10.1. The first-order valence-corrected chi connectivity index (χ1v) is 8.98. The molecular formula is C12H17ClN4O2S2. The fraction of sp³-hybridized carbons (Fsp3) is 0.417. The predicted molar refractivity (Wildman–Crippen MR) is 84.2 cm³/mol. The van der Waals surface area contributed by atoms with E-state index in [-0.39, 0.29) is 22.8 Å². The lowest BCUT2D eigenvalue weighted by molar-refractivity contribution is 0.300.